The van der Waals surface area contributed by atoms with Gasteiger partial charge in [-0.25, -0.2) is 14.4 Å². The predicted octanol–water partition coefficient (Wildman–Crippen LogP) is 1.75. The van der Waals surface area contributed by atoms with E-state index in [2.05, 4.69) is 15.9 Å². The van der Waals surface area contributed by atoms with Gasteiger partial charge in [-0.2, -0.15) is 0 Å². The van der Waals surface area contributed by atoms with Gasteiger partial charge in [-0.15, -0.1) is 6.42 Å². The molecule has 104 valence electrons. The molecule has 0 aromatic carbocycles. The van der Waals surface area contributed by atoms with Crippen LogP contribution in [0.1, 0.15) is 12.6 Å². The first kappa shape index (κ1) is 13.3. The number of aliphatic hydroxyl groups is 1. The summed E-state index contributed by atoms with van der Waals surface area (Å²) in [5, 5.41) is 9.36. The quantitative estimate of drug-likeness (QED) is 0.677. The fourth-order valence-corrected chi connectivity index (χ4v) is 2.69. The Morgan fingerprint density at radius 3 is 3.10 bits per heavy atom. The summed E-state index contributed by atoms with van der Waals surface area (Å²) in [5.41, 5.74) is 0.325. The Labute approximate surface area is 119 Å². The molecule has 1 fully saturated rings. The summed E-state index contributed by atoms with van der Waals surface area (Å²) < 4.78 is 21.2. The van der Waals surface area contributed by atoms with Crippen molar-refractivity contribution >= 4 is 22.6 Å². The fourth-order valence-electron chi connectivity index (χ4n) is 2.47. The van der Waals surface area contributed by atoms with Crippen molar-refractivity contribution in [3.05, 3.63) is 23.5 Å². The summed E-state index contributed by atoms with van der Waals surface area (Å²) in [4.78, 5) is 7.80. The lowest BCUT2D eigenvalue weighted by Crippen LogP contribution is -2.15. The van der Waals surface area contributed by atoms with E-state index in [1.165, 1.54) is 17.1 Å². The zero-order valence-electron chi connectivity index (χ0n) is 10.3. The number of aliphatic hydroxyl groups excluding tert-OH is 1. The average molecular weight is 296 g/mol. The van der Waals surface area contributed by atoms with Crippen LogP contribution in [-0.4, -0.2) is 32.4 Å². The first-order valence-electron chi connectivity index (χ1n) is 6.04. The summed E-state index contributed by atoms with van der Waals surface area (Å²) in [5.74, 6) is 1.81. The highest BCUT2D eigenvalue weighted by Crippen LogP contribution is 2.37. The van der Waals surface area contributed by atoms with Crippen LogP contribution in [-0.2, 0) is 4.74 Å². The molecule has 2 aromatic heterocycles. The Hall–Kier alpha value is -1.68. The van der Waals surface area contributed by atoms with Gasteiger partial charge in [0.05, 0.1) is 24.0 Å². The number of rotatable bonds is 2. The number of hydrogen-bond acceptors (Lipinski definition) is 4. The number of ether oxygens (including phenoxy) is 1. The van der Waals surface area contributed by atoms with Gasteiger partial charge in [0, 0.05) is 6.20 Å². The van der Waals surface area contributed by atoms with Crippen molar-refractivity contribution in [2.75, 3.05) is 6.61 Å². The molecule has 1 N–H and O–H groups in total. The summed E-state index contributed by atoms with van der Waals surface area (Å²) in [6.07, 6.45) is 7.56. The molecular formula is C13H11ClFN3O2. The minimum absolute atomic E-state index is 0.0419. The van der Waals surface area contributed by atoms with Crippen molar-refractivity contribution in [1.82, 2.24) is 14.5 Å². The minimum Gasteiger partial charge on any atom is -0.394 e. The molecule has 1 aliphatic heterocycles. The van der Waals surface area contributed by atoms with Crippen LogP contribution in [0.15, 0.2) is 12.5 Å². The lowest BCUT2D eigenvalue weighted by Gasteiger charge is -2.17. The molecule has 3 heterocycles. The molecule has 0 saturated carbocycles. The number of aromatic nitrogens is 3. The largest absolute Gasteiger partial charge is 0.394 e. The molecule has 1 aliphatic rings. The van der Waals surface area contributed by atoms with Gasteiger partial charge >= 0.3 is 0 Å². The maximum absolute atomic E-state index is 14.0. The van der Waals surface area contributed by atoms with E-state index in [-0.39, 0.29) is 29.2 Å². The van der Waals surface area contributed by atoms with Crippen LogP contribution in [0, 0.1) is 24.1 Å². The van der Waals surface area contributed by atoms with E-state index in [4.69, 9.17) is 22.8 Å². The van der Waals surface area contributed by atoms with Crippen molar-refractivity contribution < 1.29 is 14.2 Å². The summed E-state index contributed by atoms with van der Waals surface area (Å²) in [7, 11) is 0. The average Bonchev–Trinajstić information content (AvgIpc) is 3.00. The molecule has 1 saturated heterocycles. The molecule has 0 radical (unpaired) electrons. The minimum atomic E-state index is -0.574. The van der Waals surface area contributed by atoms with E-state index >= 15 is 0 Å². The predicted molar refractivity (Wildman–Crippen MR) is 70.4 cm³/mol. The summed E-state index contributed by atoms with van der Waals surface area (Å²) >= 11 is 5.88. The van der Waals surface area contributed by atoms with Gasteiger partial charge in [-0.1, -0.05) is 17.5 Å². The molecule has 3 atom stereocenters. The third kappa shape index (κ3) is 1.95. The number of terminal acetylenes is 1. The van der Waals surface area contributed by atoms with Gasteiger partial charge in [0.15, 0.2) is 5.82 Å². The van der Waals surface area contributed by atoms with E-state index in [0.717, 1.165) is 0 Å². The maximum Gasteiger partial charge on any atom is 0.153 e. The number of halogens is 2. The molecular weight excluding hydrogens is 285 g/mol. The van der Waals surface area contributed by atoms with Crippen molar-refractivity contribution in [2.24, 2.45) is 5.92 Å². The van der Waals surface area contributed by atoms with Crippen LogP contribution in [0.5, 0.6) is 0 Å². The molecule has 0 aliphatic carbocycles. The standard InChI is InChI=1S/C13H11ClFN3O2/c1-2-7-3-8(5-19)20-13(7)18-4-9(15)10-11(14)16-6-17-12(10)18/h1,4,6-8,13,19H,3,5H2/t7-,8?,13?/m0/s1. The third-order valence-electron chi connectivity index (χ3n) is 3.40. The first-order valence-corrected chi connectivity index (χ1v) is 6.42. The van der Waals surface area contributed by atoms with Crippen LogP contribution in [0.25, 0.3) is 11.0 Å². The van der Waals surface area contributed by atoms with E-state index in [0.29, 0.717) is 12.1 Å². The second-order valence-corrected chi connectivity index (χ2v) is 4.95. The monoisotopic (exact) mass is 295 g/mol. The van der Waals surface area contributed by atoms with Crippen molar-refractivity contribution in [3.63, 3.8) is 0 Å². The number of nitrogens with zero attached hydrogens (tertiary/aromatic N) is 3. The summed E-state index contributed by atoms with van der Waals surface area (Å²) in [6, 6.07) is 0. The van der Waals surface area contributed by atoms with Gasteiger partial charge in [0.25, 0.3) is 0 Å². The van der Waals surface area contributed by atoms with Crippen molar-refractivity contribution in [1.29, 1.82) is 0 Å². The van der Waals surface area contributed by atoms with Crippen molar-refractivity contribution in [2.45, 2.75) is 18.8 Å². The van der Waals surface area contributed by atoms with E-state index in [1.54, 1.807) is 0 Å². The molecule has 0 bridgehead atoms. The zero-order chi connectivity index (χ0) is 14.3. The molecule has 0 spiro atoms. The van der Waals surface area contributed by atoms with Crippen LogP contribution in [0.2, 0.25) is 5.15 Å². The molecule has 5 nitrogen and oxygen atoms in total. The lowest BCUT2D eigenvalue weighted by molar-refractivity contribution is -0.0262. The Kier molecular flexibility index (Phi) is 3.34. The first-order chi connectivity index (χ1) is 9.65. The van der Waals surface area contributed by atoms with Crippen molar-refractivity contribution in [3.8, 4) is 12.3 Å². The fraction of sp³-hybridized carbons (Fsp3) is 0.385. The Balaban J connectivity index is 2.11. The Bertz CT molecular complexity index is 697. The highest BCUT2D eigenvalue weighted by Gasteiger charge is 2.36. The number of hydrogen-bond donors (Lipinski definition) is 1. The second kappa shape index (κ2) is 5.02. The van der Waals surface area contributed by atoms with Gasteiger partial charge in [-0.3, -0.25) is 0 Å². The molecule has 2 unspecified atom stereocenters. The molecule has 20 heavy (non-hydrogen) atoms. The summed E-state index contributed by atoms with van der Waals surface area (Å²) in [6.45, 7) is -0.133. The highest BCUT2D eigenvalue weighted by atomic mass is 35.5. The van der Waals surface area contributed by atoms with Gasteiger partial charge < -0.3 is 14.4 Å². The smallest absolute Gasteiger partial charge is 0.153 e. The van der Waals surface area contributed by atoms with E-state index < -0.39 is 12.0 Å². The topological polar surface area (TPSA) is 60.2 Å². The molecule has 7 heteroatoms. The van der Waals surface area contributed by atoms with Crippen LogP contribution >= 0.6 is 11.6 Å². The second-order valence-electron chi connectivity index (χ2n) is 4.59. The zero-order valence-corrected chi connectivity index (χ0v) is 11.1. The lowest BCUT2D eigenvalue weighted by atomic mass is 10.0. The normalized spacial score (nSPS) is 26.0. The molecule has 2 aromatic rings. The van der Waals surface area contributed by atoms with E-state index in [1.807, 2.05) is 0 Å². The van der Waals surface area contributed by atoms with E-state index in [9.17, 15) is 9.50 Å². The van der Waals surface area contributed by atoms with Gasteiger partial charge in [-0.05, 0) is 6.42 Å². The molecule has 0 amide bonds. The van der Waals surface area contributed by atoms with Gasteiger partial charge in [0.1, 0.15) is 23.4 Å². The van der Waals surface area contributed by atoms with Crippen LogP contribution < -0.4 is 0 Å². The SMILES string of the molecule is C#C[C@H]1CC(CO)OC1n1cc(F)c2c(Cl)ncnc21. The molecule has 3 rings (SSSR count). The number of fused-ring (bicyclic) bond motifs is 1. The van der Waals surface area contributed by atoms with Gasteiger partial charge in [0.2, 0.25) is 0 Å². The highest BCUT2D eigenvalue weighted by molar-refractivity contribution is 6.33. The van der Waals surface area contributed by atoms with Crippen LogP contribution in [0.4, 0.5) is 4.39 Å². The third-order valence-corrected chi connectivity index (χ3v) is 3.69. The Morgan fingerprint density at radius 2 is 2.40 bits per heavy atom. The Morgan fingerprint density at radius 1 is 1.60 bits per heavy atom. The maximum atomic E-state index is 14.0. The van der Waals surface area contributed by atoms with Crippen LogP contribution in [0.3, 0.4) is 0 Å².